The van der Waals surface area contributed by atoms with Crippen molar-refractivity contribution in [1.29, 1.82) is 0 Å². The summed E-state index contributed by atoms with van der Waals surface area (Å²) in [5.74, 6) is 1.00. The zero-order valence-corrected chi connectivity index (χ0v) is 12.0. The largest absolute Gasteiger partial charge is 0.310 e. The third kappa shape index (κ3) is 4.00. The molecule has 1 atom stereocenters. The van der Waals surface area contributed by atoms with Crippen molar-refractivity contribution < 1.29 is 0 Å². The minimum atomic E-state index is 0.349. The quantitative estimate of drug-likeness (QED) is 0.717. The van der Waals surface area contributed by atoms with Gasteiger partial charge in [0.1, 0.15) is 0 Å². The highest BCUT2D eigenvalue weighted by molar-refractivity contribution is 6.31. The zero-order chi connectivity index (χ0) is 12.8. The van der Waals surface area contributed by atoms with Crippen LogP contribution in [0.2, 0.25) is 5.02 Å². The lowest BCUT2D eigenvalue weighted by Crippen LogP contribution is -2.20. The predicted molar refractivity (Wildman–Crippen MR) is 79.1 cm³/mol. The number of benzene rings is 1. The number of nitrogens with one attached hydrogen (secondary N) is 1. The Morgan fingerprint density at radius 2 is 2.00 bits per heavy atom. The molecule has 100 valence electrons. The first kappa shape index (κ1) is 13.9. The van der Waals surface area contributed by atoms with Crippen LogP contribution in [0.15, 0.2) is 24.3 Å². The molecule has 1 aliphatic rings. The molecule has 0 radical (unpaired) electrons. The maximum atomic E-state index is 6.20. The summed E-state index contributed by atoms with van der Waals surface area (Å²) in [7, 11) is 0. The summed E-state index contributed by atoms with van der Waals surface area (Å²) in [6.45, 7) is 3.29. The molecular formula is C16H24ClN. The Labute approximate surface area is 116 Å². The molecule has 1 N–H and O–H groups in total. The molecule has 2 heteroatoms. The van der Waals surface area contributed by atoms with Crippen molar-refractivity contribution in [2.24, 2.45) is 5.92 Å². The molecule has 0 aliphatic heterocycles. The maximum absolute atomic E-state index is 6.20. The summed E-state index contributed by atoms with van der Waals surface area (Å²) in [5, 5.41) is 4.45. The Kier molecular flexibility index (Phi) is 5.52. The average Bonchev–Trinajstić information content (AvgIpc) is 2.88. The standard InChI is InChI=1S/C16H24ClN/c1-13(15-10-4-5-11-16(15)17)18-12-6-9-14-7-2-3-8-14/h4-5,10-11,13-14,18H,2-3,6-9,12H2,1H3. The van der Waals surface area contributed by atoms with E-state index in [-0.39, 0.29) is 0 Å². The Morgan fingerprint density at radius 3 is 2.72 bits per heavy atom. The second-order valence-corrected chi connectivity index (χ2v) is 5.90. The van der Waals surface area contributed by atoms with Crippen molar-refractivity contribution >= 4 is 11.6 Å². The van der Waals surface area contributed by atoms with E-state index in [1.165, 1.54) is 44.1 Å². The third-order valence-electron chi connectivity index (χ3n) is 4.09. The number of hydrogen-bond donors (Lipinski definition) is 1. The lowest BCUT2D eigenvalue weighted by molar-refractivity contribution is 0.456. The van der Waals surface area contributed by atoms with Gasteiger partial charge >= 0.3 is 0 Å². The van der Waals surface area contributed by atoms with Crippen LogP contribution in [0, 0.1) is 5.92 Å². The minimum absolute atomic E-state index is 0.349. The first-order valence-corrected chi connectivity index (χ1v) is 7.63. The van der Waals surface area contributed by atoms with E-state index in [1.54, 1.807) is 0 Å². The van der Waals surface area contributed by atoms with E-state index < -0.39 is 0 Å². The number of halogens is 1. The molecule has 0 spiro atoms. The fourth-order valence-corrected chi connectivity index (χ4v) is 3.24. The lowest BCUT2D eigenvalue weighted by Gasteiger charge is -2.16. The molecule has 2 rings (SSSR count). The molecule has 0 aromatic heterocycles. The van der Waals surface area contributed by atoms with Gasteiger partial charge in [-0.3, -0.25) is 0 Å². The van der Waals surface area contributed by atoms with Gasteiger partial charge in [-0.15, -0.1) is 0 Å². The maximum Gasteiger partial charge on any atom is 0.0453 e. The summed E-state index contributed by atoms with van der Waals surface area (Å²) in [6.07, 6.45) is 8.50. The smallest absolute Gasteiger partial charge is 0.0453 e. The van der Waals surface area contributed by atoms with E-state index in [2.05, 4.69) is 24.4 Å². The van der Waals surface area contributed by atoms with Crippen molar-refractivity contribution in [2.45, 2.75) is 51.5 Å². The van der Waals surface area contributed by atoms with E-state index in [9.17, 15) is 0 Å². The molecule has 0 bridgehead atoms. The monoisotopic (exact) mass is 265 g/mol. The SMILES string of the molecule is CC(NCCCC1CCCC1)c1ccccc1Cl. The van der Waals surface area contributed by atoms with Crippen molar-refractivity contribution in [3.63, 3.8) is 0 Å². The van der Waals surface area contributed by atoms with Gasteiger partial charge in [0.15, 0.2) is 0 Å². The van der Waals surface area contributed by atoms with Crippen LogP contribution < -0.4 is 5.32 Å². The Balaban J connectivity index is 1.68. The van der Waals surface area contributed by atoms with Gasteiger partial charge in [-0.1, -0.05) is 55.5 Å². The van der Waals surface area contributed by atoms with Gasteiger partial charge in [0.2, 0.25) is 0 Å². The molecule has 1 saturated carbocycles. The van der Waals surface area contributed by atoms with E-state index in [4.69, 9.17) is 11.6 Å². The summed E-state index contributed by atoms with van der Waals surface area (Å²) < 4.78 is 0. The van der Waals surface area contributed by atoms with Crippen LogP contribution in [0.4, 0.5) is 0 Å². The highest BCUT2D eigenvalue weighted by Gasteiger charge is 2.14. The Bertz CT molecular complexity index is 358. The number of rotatable bonds is 6. The second-order valence-electron chi connectivity index (χ2n) is 5.49. The fourth-order valence-electron chi connectivity index (χ4n) is 2.94. The molecule has 0 heterocycles. The Morgan fingerprint density at radius 1 is 1.28 bits per heavy atom. The van der Waals surface area contributed by atoms with Crippen molar-refractivity contribution in [3.05, 3.63) is 34.9 Å². The molecule has 1 aliphatic carbocycles. The highest BCUT2D eigenvalue weighted by atomic mass is 35.5. The van der Waals surface area contributed by atoms with E-state index in [1.807, 2.05) is 12.1 Å². The van der Waals surface area contributed by atoms with Gasteiger partial charge in [0.05, 0.1) is 0 Å². The van der Waals surface area contributed by atoms with Crippen LogP contribution in [0.1, 0.15) is 57.1 Å². The molecule has 1 nitrogen and oxygen atoms in total. The molecule has 1 fully saturated rings. The van der Waals surface area contributed by atoms with Gasteiger partial charge in [-0.25, -0.2) is 0 Å². The van der Waals surface area contributed by atoms with Gasteiger partial charge in [0, 0.05) is 11.1 Å². The van der Waals surface area contributed by atoms with Crippen LogP contribution in [-0.4, -0.2) is 6.54 Å². The van der Waals surface area contributed by atoms with E-state index in [0.717, 1.165) is 17.5 Å². The molecule has 1 aromatic carbocycles. The van der Waals surface area contributed by atoms with Gasteiger partial charge in [-0.2, -0.15) is 0 Å². The summed E-state index contributed by atoms with van der Waals surface area (Å²) in [6, 6.07) is 8.46. The molecule has 18 heavy (non-hydrogen) atoms. The summed E-state index contributed by atoms with van der Waals surface area (Å²) in [5.41, 5.74) is 1.21. The fraction of sp³-hybridized carbons (Fsp3) is 0.625. The lowest BCUT2D eigenvalue weighted by atomic mass is 10.0. The third-order valence-corrected chi connectivity index (χ3v) is 4.43. The van der Waals surface area contributed by atoms with E-state index >= 15 is 0 Å². The van der Waals surface area contributed by atoms with Crippen molar-refractivity contribution in [2.75, 3.05) is 6.54 Å². The second kappa shape index (κ2) is 7.16. The number of hydrogen-bond acceptors (Lipinski definition) is 1. The molecule has 0 saturated heterocycles. The van der Waals surface area contributed by atoms with Crippen LogP contribution >= 0.6 is 11.6 Å². The first-order chi connectivity index (χ1) is 8.77. The molecular weight excluding hydrogens is 242 g/mol. The van der Waals surface area contributed by atoms with Crippen LogP contribution in [0.3, 0.4) is 0 Å². The predicted octanol–water partition coefficient (Wildman–Crippen LogP) is 4.96. The highest BCUT2D eigenvalue weighted by Crippen LogP contribution is 2.28. The zero-order valence-electron chi connectivity index (χ0n) is 11.3. The molecule has 1 unspecified atom stereocenters. The Hall–Kier alpha value is -0.530. The van der Waals surface area contributed by atoms with Crippen LogP contribution in [0.25, 0.3) is 0 Å². The van der Waals surface area contributed by atoms with Crippen LogP contribution in [0.5, 0.6) is 0 Å². The topological polar surface area (TPSA) is 12.0 Å². The van der Waals surface area contributed by atoms with E-state index in [0.29, 0.717) is 6.04 Å². The first-order valence-electron chi connectivity index (χ1n) is 7.25. The minimum Gasteiger partial charge on any atom is -0.310 e. The normalized spacial score (nSPS) is 18.1. The van der Waals surface area contributed by atoms with Gasteiger partial charge < -0.3 is 5.32 Å². The van der Waals surface area contributed by atoms with Gasteiger partial charge in [-0.05, 0) is 43.9 Å². The van der Waals surface area contributed by atoms with Crippen molar-refractivity contribution in [3.8, 4) is 0 Å². The summed E-state index contributed by atoms with van der Waals surface area (Å²) in [4.78, 5) is 0. The molecule has 0 amide bonds. The van der Waals surface area contributed by atoms with Gasteiger partial charge in [0.25, 0.3) is 0 Å². The average molecular weight is 266 g/mol. The van der Waals surface area contributed by atoms with Crippen molar-refractivity contribution in [1.82, 2.24) is 5.32 Å². The molecule has 1 aromatic rings. The van der Waals surface area contributed by atoms with Crippen LogP contribution in [-0.2, 0) is 0 Å². The summed E-state index contributed by atoms with van der Waals surface area (Å²) >= 11 is 6.20.